The summed E-state index contributed by atoms with van der Waals surface area (Å²) in [6.07, 6.45) is 4.76. The molecule has 0 aliphatic carbocycles. The Kier molecular flexibility index (Phi) is 7.45. The first-order chi connectivity index (χ1) is 17.1. The number of hydrogen-bond donors (Lipinski definition) is 1. The average Bonchev–Trinajstić information content (AvgIpc) is 3.17. The van der Waals surface area contributed by atoms with Gasteiger partial charge in [-0.05, 0) is 55.0 Å². The van der Waals surface area contributed by atoms with E-state index in [2.05, 4.69) is 11.9 Å². The summed E-state index contributed by atoms with van der Waals surface area (Å²) >= 11 is 0. The number of para-hydroxylation sites is 2. The van der Waals surface area contributed by atoms with Crippen molar-refractivity contribution < 1.29 is 24.2 Å². The number of rotatable bonds is 9. The molecule has 1 aromatic heterocycles. The Bertz CT molecular complexity index is 1220. The van der Waals surface area contributed by atoms with E-state index in [0.29, 0.717) is 35.1 Å². The van der Waals surface area contributed by atoms with Gasteiger partial charge in [0.25, 0.3) is 11.7 Å². The zero-order chi connectivity index (χ0) is 24.8. The number of aliphatic hydroxyl groups excluding tert-OH is 1. The van der Waals surface area contributed by atoms with E-state index in [9.17, 15) is 14.7 Å². The van der Waals surface area contributed by atoms with Crippen molar-refractivity contribution in [2.24, 2.45) is 0 Å². The predicted octanol–water partition coefficient (Wildman–Crippen LogP) is 5.29. The number of amides is 1. The van der Waals surface area contributed by atoms with Crippen LogP contribution in [0.3, 0.4) is 0 Å². The maximum absolute atomic E-state index is 13.3. The highest BCUT2D eigenvalue weighted by Crippen LogP contribution is 2.44. The lowest BCUT2D eigenvalue weighted by Crippen LogP contribution is -2.30. The van der Waals surface area contributed by atoms with Gasteiger partial charge in [0.2, 0.25) is 0 Å². The van der Waals surface area contributed by atoms with Crippen LogP contribution in [0.15, 0.2) is 78.5 Å². The van der Waals surface area contributed by atoms with Gasteiger partial charge in [-0.15, -0.1) is 0 Å². The van der Waals surface area contributed by atoms with Crippen LogP contribution < -0.4 is 14.4 Å². The predicted molar refractivity (Wildman–Crippen MR) is 133 cm³/mol. The molecule has 1 amide bonds. The number of carbonyl (C=O) groups excluding carboxylic acids is 2. The fourth-order valence-electron chi connectivity index (χ4n) is 4.13. The van der Waals surface area contributed by atoms with Crippen LogP contribution in [0.2, 0.25) is 0 Å². The minimum Gasteiger partial charge on any atom is -0.507 e. The maximum atomic E-state index is 13.3. The first-order valence-electron chi connectivity index (χ1n) is 11.6. The van der Waals surface area contributed by atoms with Gasteiger partial charge >= 0.3 is 0 Å². The zero-order valence-electron chi connectivity index (χ0n) is 19.8. The number of unbranched alkanes of at least 4 members (excludes halogenated alkanes) is 2. The van der Waals surface area contributed by atoms with Crippen molar-refractivity contribution in [3.05, 3.63) is 89.8 Å². The van der Waals surface area contributed by atoms with Crippen LogP contribution in [0.1, 0.15) is 43.5 Å². The van der Waals surface area contributed by atoms with Gasteiger partial charge in [0.15, 0.2) is 0 Å². The Labute approximate surface area is 204 Å². The summed E-state index contributed by atoms with van der Waals surface area (Å²) in [4.78, 5) is 32.2. The lowest BCUT2D eigenvalue weighted by molar-refractivity contribution is -0.132. The second-order valence-corrected chi connectivity index (χ2v) is 8.18. The van der Waals surface area contributed by atoms with Crippen LogP contribution in [0.5, 0.6) is 11.5 Å². The molecule has 1 atom stereocenters. The van der Waals surface area contributed by atoms with E-state index >= 15 is 0 Å². The summed E-state index contributed by atoms with van der Waals surface area (Å²) in [6.45, 7) is 2.75. The average molecular weight is 473 g/mol. The number of carbonyl (C=O) groups is 2. The molecule has 0 spiro atoms. The number of hydrogen-bond acceptors (Lipinski definition) is 6. The molecule has 1 fully saturated rings. The number of methoxy groups -OCH3 is 1. The van der Waals surface area contributed by atoms with Crippen molar-refractivity contribution in [2.45, 2.75) is 32.2 Å². The molecule has 1 unspecified atom stereocenters. The highest BCUT2D eigenvalue weighted by molar-refractivity contribution is 6.51. The van der Waals surface area contributed by atoms with Crippen molar-refractivity contribution in [1.29, 1.82) is 0 Å². The van der Waals surface area contributed by atoms with Gasteiger partial charge in [0.1, 0.15) is 23.3 Å². The van der Waals surface area contributed by atoms with Gasteiger partial charge in [-0.25, -0.2) is 0 Å². The van der Waals surface area contributed by atoms with E-state index in [0.717, 1.165) is 19.3 Å². The van der Waals surface area contributed by atoms with E-state index in [1.165, 1.54) is 12.0 Å². The van der Waals surface area contributed by atoms with Gasteiger partial charge in [0, 0.05) is 11.8 Å². The van der Waals surface area contributed by atoms with E-state index in [-0.39, 0.29) is 11.3 Å². The summed E-state index contributed by atoms with van der Waals surface area (Å²) in [5.41, 5.74) is 1.25. The summed E-state index contributed by atoms with van der Waals surface area (Å²) < 4.78 is 11.2. The van der Waals surface area contributed by atoms with E-state index in [4.69, 9.17) is 9.47 Å². The van der Waals surface area contributed by atoms with E-state index < -0.39 is 17.7 Å². The highest BCUT2D eigenvalue weighted by atomic mass is 16.5. The van der Waals surface area contributed by atoms with Crippen LogP contribution >= 0.6 is 0 Å². The van der Waals surface area contributed by atoms with Crippen molar-refractivity contribution in [3.8, 4) is 11.5 Å². The zero-order valence-corrected chi connectivity index (χ0v) is 19.8. The Hall–Kier alpha value is -4.13. The molecule has 1 N–H and O–H groups in total. The Balaban J connectivity index is 1.76. The molecule has 4 rings (SSSR count). The van der Waals surface area contributed by atoms with Gasteiger partial charge in [-0.2, -0.15) is 0 Å². The largest absolute Gasteiger partial charge is 0.507 e. The minimum atomic E-state index is -0.919. The van der Waals surface area contributed by atoms with E-state index in [1.54, 1.807) is 72.9 Å². The Morgan fingerprint density at radius 3 is 2.43 bits per heavy atom. The third kappa shape index (κ3) is 4.89. The summed E-state index contributed by atoms with van der Waals surface area (Å²) in [5, 5.41) is 11.2. The molecule has 7 heteroatoms. The second-order valence-electron chi connectivity index (χ2n) is 8.18. The van der Waals surface area contributed by atoms with E-state index in [1.807, 2.05) is 0 Å². The van der Waals surface area contributed by atoms with Crippen LogP contribution in [0, 0.1) is 0 Å². The number of anilines is 1. The molecule has 3 aromatic rings. The summed E-state index contributed by atoms with van der Waals surface area (Å²) in [6, 6.07) is 18.1. The molecule has 180 valence electrons. The van der Waals surface area contributed by atoms with Gasteiger partial charge in [-0.1, -0.05) is 38.0 Å². The van der Waals surface area contributed by atoms with Gasteiger partial charge in [0.05, 0.1) is 30.7 Å². The van der Waals surface area contributed by atoms with Crippen molar-refractivity contribution >= 4 is 23.1 Å². The molecule has 1 saturated heterocycles. The normalized spacial score (nSPS) is 17.0. The SMILES string of the molecule is CCCCCOc1ccc(/C(O)=C2/C(=O)C(=O)N(c3ccccc3OC)C2c2ccccn2)cc1. The Morgan fingerprint density at radius 1 is 1.00 bits per heavy atom. The Morgan fingerprint density at radius 2 is 1.74 bits per heavy atom. The number of nitrogens with zero attached hydrogens (tertiary/aromatic N) is 2. The second kappa shape index (κ2) is 10.9. The number of ether oxygens (including phenoxy) is 2. The molecular formula is C28H28N2O5. The number of Topliss-reactive ketones (excluding diaryl/α,β-unsaturated/α-hetero) is 1. The molecule has 1 aliphatic heterocycles. The first kappa shape index (κ1) is 24.0. The standard InChI is InChI=1S/C28H28N2O5/c1-3-4-9-18-35-20-15-13-19(14-16-20)26(31)24-25(21-10-7-8-17-29-21)30(28(33)27(24)32)22-11-5-6-12-23(22)34-2/h5-8,10-17,25,31H,3-4,9,18H2,1-2H3/b26-24-. The molecule has 7 nitrogen and oxygen atoms in total. The molecule has 2 aromatic carbocycles. The number of pyridine rings is 1. The van der Waals surface area contributed by atoms with Crippen LogP contribution in [-0.4, -0.2) is 35.5 Å². The molecule has 0 bridgehead atoms. The topological polar surface area (TPSA) is 89.0 Å². The maximum Gasteiger partial charge on any atom is 0.300 e. The molecular weight excluding hydrogens is 444 g/mol. The van der Waals surface area contributed by atoms with Crippen LogP contribution in [-0.2, 0) is 9.59 Å². The molecule has 35 heavy (non-hydrogen) atoms. The molecule has 0 saturated carbocycles. The van der Waals surface area contributed by atoms with Crippen LogP contribution in [0.25, 0.3) is 5.76 Å². The lowest BCUT2D eigenvalue weighted by atomic mass is 9.98. The fourth-order valence-corrected chi connectivity index (χ4v) is 4.13. The minimum absolute atomic E-state index is 0.0313. The highest BCUT2D eigenvalue weighted by Gasteiger charge is 2.48. The first-order valence-corrected chi connectivity index (χ1v) is 11.6. The van der Waals surface area contributed by atoms with Gasteiger partial charge < -0.3 is 14.6 Å². The molecule has 2 heterocycles. The number of aromatic nitrogens is 1. The van der Waals surface area contributed by atoms with Crippen LogP contribution in [0.4, 0.5) is 5.69 Å². The third-order valence-electron chi connectivity index (χ3n) is 5.90. The van der Waals surface area contributed by atoms with Crippen molar-refractivity contribution in [2.75, 3.05) is 18.6 Å². The third-order valence-corrected chi connectivity index (χ3v) is 5.90. The summed E-state index contributed by atoms with van der Waals surface area (Å²) in [5.74, 6) is -0.714. The molecule has 0 radical (unpaired) electrons. The quantitative estimate of drug-likeness (QED) is 0.197. The number of aliphatic hydroxyl groups is 1. The smallest absolute Gasteiger partial charge is 0.300 e. The summed E-state index contributed by atoms with van der Waals surface area (Å²) in [7, 11) is 1.50. The number of benzene rings is 2. The lowest BCUT2D eigenvalue weighted by Gasteiger charge is -2.26. The number of ketones is 1. The molecule has 1 aliphatic rings. The van der Waals surface area contributed by atoms with Gasteiger partial charge in [-0.3, -0.25) is 19.5 Å². The van der Waals surface area contributed by atoms with Crippen molar-refractivity contribution in [1.82, 2.24) is 4.98 Å². The monoisotopic (exact) mass is 472 g/mol. The van der Waals surface area contributed by atoms with Crippen molar-refractivity contribution in [3.63, 3.8) is 0 Å². The fraction of sp³-hybridized carbons (Fsp3) is 0.250.